The molecule has 1 aromatic carbocycles. The number of likely N-dealkylation sites (N-methyl/N-ethyl adjacent to an activating group) is 1. The van der Waals surface area contributed by atoms with E-state index in [0.29, 0.717) is 5.02 Å². The first-order chi connectivity index (χ1) is 9.90. The standard InChI is InChI=1S/C15H20BrClN4/c1-10-4-5-11(17)8-12(10)14(18)15-13(16)9-19-21(15)7-6-20(2)3/h4-5,8-9,14H,6-7,18H2,1-3H3. The topological polar surface area (TPSA) is 47.1 Å². The molecule has 114 valence electrons. The van der Waals surface area contributed by atoms with Crippen molar-refractivity contribution in [3.05, 3.63) is 50.7 Å². The molecule has 2 aromatic rings. The molecule has 0 radical (unpaired) electrons. The highest BCUT2D eigenvalue weighted by Crippen LogP contribution is 2.30. The third-order valence-corrected chi connectivity index (χ3v) is 4.31. The molecule has 4 nitrogen and oxygen atoms in total. The lowest BCUT2D eigenvalue weighted by Crippen LogP contribution is -2.24. The molecule has 21 heavy (non-hydrogen) atoms. The van der Waals surface area contributed by atoms with E-state index in [0.717, 1.165) is 34.4 Å². The van der Waals surface area contributed by atoms with Gasteiger partial charge < -0.3 is 10.6 Å². The third kappa shape index (κ3) is 3.86. The highest BCUT2D eigenvalue weighted by atomic mass is 79.9. The van der Waals surface area contributed by atoms with Crippen molar-refractivity contribution >= 4 is 27.5 Å². The lowest BCUT2D eigenvalue weighted by atomic mass is 9.99. The van der Waals surface area contributed by atoms with Crippen LogP contribution < -0.4 is 5.73 Å². The van der Waals surface area contributed by atoms with Gasteiger partial charge in [0.05, 0.1) is 29.0 Å². The normalized spacial score (nSPS) is 12.9. The molecule has 0 spiro atoms. The number of rotatable bonds is 5. The molecular formula is C15H20BrClN4. The van der Waals surface area contributed by atoms with Gasteiger partial charge in [0.15, 0.2) is 0 Å². The van der Waals surface area contributed by atoms with Crippen molar-refractivity contribution < 1.29 is 0 Å². The van der Waals surface area contributed by atoms with Gasteiger partial charge in [-0.1, -0.05) is 17.7 Å². The molecule has 1 heterocycles. The van der Waals surface area contributed by atoms with Crippen LogP contribution in [0.5, 0.6) is 0 Å². The second kappa shape index (κ2) is 6.92. The lowest BCUT2D eigenvalue weighted by Gasteiger charge is -2.19. The van der Waals surface area contributed by atoms with Gasteiger partial charge in [0.1, 0.15) is 0 Å². The molecule has 0 amide bonds. The maximum Gasteiger partial charge on any atom is 0.0739 e. The van der Waals surface area contributed by atoms with E-state index in [1.807, 2.05) is 43.9 Å². The van der Waals surface area contributed by atoms with Crippen molar-refractivity contribution in [2.75, 3.05) is 20.6 Å². The predicted octanol–water partition coefficient (Wildman–Crippen LogP) is 3.22. The molecular weight excluding hydrogens is 352 g/mol. The average Bonchev–Trinajstić information content (AvgIpc) is 2.79. The van der Waals surface area contributed by atoms with E-state index in [1.165, 1.54) is 0 Å². The van der Waals surface area contributed by atoms with Crippen molar-refractivity contribution in [1.29, 1.82) is 0 Å². The number of benzene rings is 1. The van der Waals surface area contributed by atoms with Crippen LogP contribution in [0.4, 0.5) is 0 Å². The van der Waals surface area contributed by atoms with Crippen LogP contribution in [0.25, 0.3) is 0 Å². The summed E-state index contributed by atoms with van der Waals surface area (Å²) in [6, 6.07) is 5.54. The molecule has 0 aliphatic carbocycles. The van der Waals surface area contributed by atoms with E-state index >= 15 is 0 Å². The van der Waals surface area contributed by atoms with Crippen molar-refractivity contribution in [2.45, 2.75) is 19.5 Å². The molecule has 0 aliphatic heterocycles. The summed E-state index contributed by atoms with van der Waals surface area (Å²) < 4.78 is 2.88. The third-order valence-electron chi connectivity index (χ3n) is 3.46. The Bertz CT molecular complexity index is 624. The number of halogens is 2. The Morgan fingerprint density at radius 1 is 1.43 bits per heavy atom. The fraction of sp³-hybridized carbons (Fsp3) is 0.400. The molecule has 2 rings (SSSR count). The fourth-order valence-electron chi connectivity index (χ4n) is 2.25. The van der Waals surface area contributed by atoms with Crippen molar-refractivity contribution in [3.8, 4) is 0 Å². The van der Waals surface area contributed by atoms with E-state index in [1.54, 1.807) is 6.20 Å². The van der Waals surface area contributed by atoms with Crippen LogP contribution in [0.3, 0.4) is 0 Å². The van der Waals surface area contributed by atoms with Crippen LogP contribution in [-0.4, -0.2) is 35.3 Å². The second-order valence-corrected chi connectivity index (χ2v) is 6.67. The van der Waals surface area contributed by atoms with E-state index in [-0.39, 0.29) is 6.04 Å². The first-order valence-electron chi connectivity index (χ1n) is 6.77. The summed E-state index contributed by atoms with van der Waals surface area (Å²) in [6.07, 6.45) is 1.80. The Hall–Kier alpha value is -0.880. The Balaban J connectivity index is 2.36. The van der Waals surface area contributed by atoms with E-state index in [2.05, 4.69) is 25.9 Å². The molecule has 1 unspecified atom stereocenters. The van der Waals surface area contributed by atoms with Gasteiger partial charge in [-0.25, -0.2) is 0 Å². The number of aromatic nitrogens is 2. The molecule has 0 saturated heterocycles. The number of aryl methyl sites for hydroxylation is 1. The molecule has 2 N–H and O–H groups in total. The Morgan fingerprint density at radius 2 is 2.14 bits per heavy atom. The maximum atomic E-state index is 6.48. The van der Waals surface area contributed by atoms with Gasteiger partial charge in [0.2, 0.25) is 0 Å². The van der Waals surface area contributed by atoms with Crippen LogP contribution in [-0.2, 0) is 6.54 Å². The van der Waals surface area contributed by atoms with Gasteiger partial charge in [-0.15, -0.1) is 0 Å². The highest BCUT2D eigenvalue weighted by molar-refractivity contribution is 9.10. The van der Waals surface area contributed by atoms with Crippen LogP contribution in [0.2, 0.25) is 5.02 Å². The molecule has 0 fully saturated rings. The van der Waals surface area contributed by atoms with E-state index in [9.17, 15) is 0 Å². The van der Waals surface area contributed by atoms with Crippen molar-refractivity contribution in [1.82, 2.24) is 14.7 Å². The number of hydrogen-bond acceptors (Lipinski definition) is 3. The quantitative estimate of drug-likeness (QED) is 0.878. The Morgan fingerprint density at radius 3 is 2.81 bits per heavy atom. The van der Waals surface area contributed by atoms with Crippen molar-refractivity contribution in [2.24, 2.45) is 5.73 Å². The fourth-order valence-corrected chi connectivity index (χ4v) is 2.97. The molecule has 6 heteroatoms. The molecule has 0 saturated carbocycles. The molecule has 0 bridgehead atoms. The smallest absolute Gasteiger partial charge is 0.0739 e. The zero-order chi connectivity index (χ0) is 15.6. The van der Waals surface area contributed by atoms with Gasteiger partial charge in [-0.3, -0.25) is 4.68 Å². The summed E-state index contributed by atoms with van der Waals surface area (Å²) in [5, 5.41) is 5.11. The summed E-state index contributed by atoms with van der Waals surface area (Å²) in [4.78, 5) is 2.12. The zero-order valence-corrected chi connectivity index (χ0v) is 14.8. The summed E-state index contributed by atoms with van der Waals surface area (Å²) in [7, 11) is 4.08. The van der Waals surface area contributed by atoms with Gasteiger partial charge in [0, 0.05) is 11.6 Å². The summed E-state index contributed by atoms with van der Waals surface area (Å²) >= 11 is 9.66. The first kappa shape index (κ1) is 16.5. The number of hydrogen-bond donors (Lipinski definition) is 1. The van der Waals surface area contributed by atoms with Gasteiger partial charge in [0.25, 0.3) is 0 Å². The molecule has 1 atom stereocenters. The van der Waals surface area contributed by atoms with Gasteiger partial charge >= 0.3 is 0 Å². The Kier molecular flexibility index (Phi) is 5.43. The minimum atomic E-state index is -0.261. The highest BCUT2D eigenvalue weighted by Gasteiger charge is 2.20. The average molecular weight is 372 g/mol. The molecule has 0 aliphatic rings. The van der Waals surface area contributed by atoms with E-state index < -0.39 is 0 Å². The van der Waals surface area contributed by atoms with Crippen LogP contribution in [0.15, 0.2) is 28.9 Å². The SMILES string of the molecule is Cc1ccc(Cl)cc1C(N)c1c(Br)cnn1CCN(C)C. The van der Waals surface area contributed by atoms with Crippen molar-refractivity contribution in [3.63, 3.8) is 0 Å². The number of nitrogens with two attached hydrogens (primary N) is 1. The maximum absolute atomic E-state index is 6.48. The second-order valence-electron chi connectivity index (χ2n) is 5.38. The van der Waals surface area contributed by atoms with Crippen LogP contribution in [0.1, 0.15) is 22.9 Å². The Labute approximate surface area is 139 Å². The predicted molar refractivity (Wildman–Crippen MR) is 90.7 cm³/mol. The van der Waals surface area contributed by atoms with E-state index in [4.69, 9.17) is 17.3 Å². The van der Waals surface area contributed by atoms with Crippen LogP contribution >= 0.6 is 27.5 Å². The van der Waals surface area contributed by atoms with Gasteiger partial charge in [-0.05, 0) is 60.2 Å². The summed E-state index contributed by atoms with van der Waals surface area (Å²) in [6.45, 7) is 3.74. The summed E-state index contributed by atoms with van der Waals surface area (Å²) in [5.74, 6) is 0. The minimum Gasteiger partial charge on any atom is -0.319 e. The minimum absolute atomic E-state index is 0.261. The van der Waals surface area contributed by atoms with Crippen LogP contribution in [0, 0.1) is 6.92 Å². The first-order valence-corrected chi connectivity index (χ1v) is 7.95. The molecule has 1 aromatic heterocycles. The monoisotopic (exact) mass is 370 g/mol. The zero-order valence-electron chi connectivity index (χ0n) is 12.5. The largest absolute Gasteiger partial charge is 0.319 e. The summed E-state index contributed by atoms with van der Waals surface area (Å²) in [5.41, 5.74) is 9.60. The number of nitrogens with zero attached hydrogens (tertiary/aromatic N) is 3. The lowest BCUT2D eigenvalue weighted by molar-refractivity contribution is 0.368. The van der Waals surface area contributed by atoms with Gasteiger partial charge in [-0.2, -0.15) is 5.10 Å².